The van der Waals surface area contributed by atoms with Crippen LogP contribution in [0.15, 0.2) is 166 Å². The number of aromatic nitrogens is 8. The molecular formula is C84H102ClN17O25S8. The first-order valence-corrected chi connectivity index (χ1v) is 51.8. The number of benzene rings is 2. The maximum absolute atomic E-state index is 13.4. The van der Waals surface area contributed by atoms with E-state index in [1.807, 2.05) is 17.5 Å². The van der Waals surface area contributed by atoms with Gasteiger partial charge in [0.15, 0.2) is 11.5 Å². The summed E-state index contributed by atoms with van der Waals surface area (Å²) < 4.78 is 138. The van der Waals surface area contributed by atoms with Gasteiger partial charge in [0, 0.05) is 111 Å². The highest BCUT2D eigenvalue weighted by Gasteiger charge is 2.41. The van der Waals surface area contributed by atoms with Crippen molar-refractivity contribution < 1.29 is 113 Å². The van der Waals surface area contributed by atoms with Gasteiger partial charge in [-0.3, -0.25) is 45.6 Å². The number of hydrogen-bond donors (Lipinski definition) is 12. The highest BCUT2D eigenvalue weighted by Crippen LogP contribution is 2.39. The minimum atomic E-state index is -4.14. The number of nitrogens with zero attached hydrogens (tertiary/aromatic N) is 10. The topological polar surface area (TPSA) is 657 Å². The van der Waals surface area contributed by atoms with Gasteiger partial charge in [-0.25, -0.2) is 68.8 Å². The van der Waals surface area contributed by atoms with Crippen molar-refractivity contribution in [2.24, 2.45) is 50.1 Å². The largest absolute Gasteiger partial charge is 0.441 e. The van der Waals surface area contributed by atoms with Gasteiger partial charge in [-0.1, -0.05) is 55.4 Å². The predicted octanol–water partition coefficient (Wildman–Crippen LogP) is 5.95. The van der Waals surface area contributed by atoms with E-state index in [1.165, 1.54) is 110 Å². The Bertz CT molecular complexity index is 6410. The van der Waals surface area contributed by atoms with E-state index in [1.54, 1.807) is 49.7 Å². The average molecular weight is 2040 g/mol. The van der Waals surface area contributed by atoms with Crippen LogP contribution in [0, 0.1) is 29.6 Å². The number of halogens is 1. The Hall–Kier alpha value is -9.83. The molecule has 4 saturated carbocycles. The van der Waals surface area contributed by atoms with Crippen LogP contribution in [0.3, 0.4) is 0 Å². The van der Waals surface area contributed by atoms with E-state index >= 15 is 0 Å². The van der Waals surface area contributed by atoms with Gasteiger partial charge in [-0.2, -0.15) is 33.7 Å². The molecule has 0 unspecified atom stereocenters. The number of nitrogens with one attached hydrogen (secondary N) is 3. The average Bonchev–Trinajstić information content (AvgIpc) is 1.67. The number of thiophene rings is 3. The van der Waals surface area contributed by atoms with Crippen LogP contribution >= 0.6 is 45.6 Å². The van der Waals surface area contributed by atoms with E-state index < -0.39 is 110 Å². The molecule has 135 heavy (non-hydrogen) atoms. The summed E-state index contributed by atoms with van der Waals surface area (Å²) in [7, 11) is -20.3. The lowest BCUT2D eigenvalue weighted by atomic mass is 9.96. The van der Waals surface area contributed by atoms with Gasteiger partial charge in [0.05, 0.1) is 104 Å². The number of aliphatic hydroxyl groups is 5. The first kappa shape index (κ1) is 106. The Balaban J connectivity index is 0.000000174. The van der Waals surface area contributed by atoms with Crippen LogP contribution < -0.4 is 41.4 Å². The van der Waals surface area contributed by atoms with Crippen molar-refractivity contribution in [2.75, 3.05) is 73.5 Å². The van der Waals surface area contributed by atoms with Gasteiger partial charge >= 0.3 is 41.2 Å². The summed E-state index contributed by atoms with van der Waals surface area (Å²) in [6.45, 7) is 8.40. The molecule has 15 rings (SSSR count). The van der Waals surface area contributed by atoms with Gasteiger partial charge in [-0.05, 0) is 161 Å². The van der Waals surface area contributed by atoms with Crippen LogP contribution in [0.2, 0.25) is 4.34 Å². The highest BCUT2D eigenvalue weighted by atomic mass is 35.5. The monoisotopic (exact) mass is 2040 g/mol. The number of Topliss-reactive ketones (excluding diaryl/α,β-unsaturated/α-hetero) is 1. The molecule has 1 aliphatic heterocycles. The fourth-order valence-corrected chi connectivity index (χ4v) is 21.7. The third-order valence-electron chi connectivity index (χ3n) is 22.6. The summed E-state index contributed by atoms with van der Waals surface area (Å²) in [4.78, 5) is 103. The van der Waals surface area contributed by atoms with Gasteiger partial charge in [-0.15, -0.1) is 34.0 Å². The van der Waals surface area contributed by atoms with E-state index in [9.17, 15) is 91.6 Å². The fourth-order valence-electron chi connectivity index (χ4n) is 15.9. The lowest BCUT2D eigenvalue weighted by molar-refractivity contribution is 0.0789. The number of aliphatic hydroxyl groups excluding tert-OH is 4. The van der Waals surface area contributed by atoms with Crippen LogP contribution in [0.4, 0.5) is 23.1 Å². The van der Waals surface area contributed by atoms with E-state index in [0.717, 1.165) is 49.6 Å². The Morgan fingerprint density at radius 3 is 1.37 bits per heavy atom. The van der Waals surface area contributed by atoms with Crippen molar-refractivity contribution in [2.45, 2.75) is 151 Å². The molecule has 4 aliphatic carbocycles. The highest BCUT2D eigenvalue weighted by molar-refractivity contribution is 7.91. The second kappa shape index (κ2) is 46.1. The Labute approximate surface area is 796 Å². The Kier molecular flexibility index (Phi) is 36.1. The second-order valence-corrected chi connectivity index (χ2v) is 43.2. The van der Waals surface area contributed by atoms with Crippen LogP contribution in [-0.4, -0.2) is 236 Å². The minimum absolute atomic E-state index is 0. The summed E-state index contributed by atoms with van der Waals surface area (Å²) in [5.41, 5.74) is 3.79. The van der Waals surface area contributed by atoms with E-state index in [2.05, 4.69) is 102 Å². The normalized spacial score (nSPS) is 21.5. The molecule has 5 fully saturated rings. The zero-order valence-electron chi connectivity index (χ0n) is 71.9. The molecule has 8 aromatic heterocycles. The number of nitrogens with two attached hydrogens (primary N) is 4. The van der Waals surface area contributed by atoms with Crippen LogP contribution in [0.25, 0.3) is 0 Å². The van der Waals surface area contributed by atoms with Crippen LogP contribution in [0.1, 0.15) is 169 Å². The molecule has 12 atom stereocenters. The Morgan fingerprint density at radius 2 is 0.919 bits per heavy atom. The minimum Gasteiger partial charge on any atom is -0.441 e. The summed E-state index contributed by atoms with van der Waals surface area (Å²) in [5.74, 6) is -2.85. The summed E-state index contributed by atoms with van der Waals surface area (Å²) in [5, 5.41) is 83.2. The van der Waals surface area contributed by atoms with Gasteiger partial charge in [0.25, 0.3) is 0 Å². The first-order valence-electron chi connectivity index (χ1n) is 41.5. The van der Waals surface area contributed by atoms with Gasteiger partial charge in [0.2, 0.25) is 38.1 Å². The van der Waals surface area contributed by atoms with Crippen molar-refractivity contribution in [3.63, 3.8) is 0 Å². The number of para-hydroxylation sites is 1. The van der Waals surface area contributed by atoms with Gasteiger partial charge < -0.3 is 50.8 Å². The van der Waals surface area contributed by atoms with Crippen LogP contribution in [-0.2, 0) is 86.4 Å². The van der Waals surface area contributed by atoms with Crippen molar-refractivity contribution >= 4 is 149 Å². The first-order chi connectivity index (χ1) is 63.3. The molecule has 0 spiro atoms. The third kappa shape index (κ3) is 29.9. The summed E-state index contributed by atoms with van der Waals surface area (Å²) in [6.07, 6.45) is 11.2. The van der Waals surface area contributed by atoms with E-state index in [4.69, 9.17) is 40.8 Å². The zero-order chi connectivity index (χ0) is 96.8. The molecule has 1 saturated heterocycles. The smallest absolute Gasteiger partial charge is 0.333 e. The molecule has 9 heterocycles. The maximum Gasteiger partial charge on any atom is 0.333 e. The summed E-state index contributed by atoms with van der Waals surface area (Å²) in [6, 6.07) is 24.7. The molecule has 42 nitrogen and oxygen atoms in total. The number of furan rings is 1. The zero-order valence-corrected chi connectivity index (χ0v) is 79.2. The predicted molar refractivity (Wildman–Crippen MR) is 497 cm³/mol. The lowest BCUT2D eigenvalue weighted by Crippen LogP contribution is -2.45. The van der Waals surface area contributed by atoms with E-state index in [0.29, 0.717) is 83.8 Å². The molecule has 5 aliphatic rings. The number of sulfone groups is 1. The molecule has 51 heteroatoms. The third-order valence-corrected chi connectivity index (χ3v) is 29.4. The quantitative estimate of drug-likeness (QED) is 0.0204. The second-order valence-electron chi connectivity index (χ2n) is 32.9. The van der Waals surface area contributed by atoms with Crippen molar-refractivity contribution in [3.8, 4) is 0 Å². The maximum atomic E-state index is 13.4. The number of piperazine rings is 1. The number of anilines is 4. The molecule has 0 amide bonds. The Morgan fingerprint density at radius 1 is 0.504 bits per heavy atom. The molecule has 728 valence electrons. The van der Waals surface area contributed by atoms with Crippen molar-refractivity contribution in [1.82, 2.24) is 44.8 Å². The molecule has 0 bridgehead atoms. The summed E-state index contributed by atoms with van der Waals surface area (Å²) >= 11 is 9.70. The molecule has 16 N–H and O–H groups in total. The number of hydrogen-bond acceptors (Lipinski definition) is 41. The number of rotatable bonds is 35. The standard InChI is InChI=1S/C27H33N5O5S2.C21H22N4O8S2.C18H24N4O6S2.C17H19ClN4O6S2.CH4/c28-39(35,36)37-16-21-10-19(12-25(21)33)11-24-23(14-29-18-30-24)27(34)26-13-20(17-38-26)15-31-6-8-32(9-7-31)22-4-2-1-3-5-22;22-35(30,31)32-11-13-8-14(9-17(13)26)25-21-16(10-23-12-24-21)20(27)18-6-7-19(33-18)34(28,29)15-4-2-1-3-5-15;1-18(2,25)11-4-15(29-8-11)16(24)13-6-20-9-21-17(13)22-12-3-10(14(23)5-12)7-28-30(19,26)27;1-8(23)11-4-14(29-16(11)18)15(25)12-5-20-7-21-17(12)22-10-2-9(13(24)3-10)6-28-30(19,26)27;/h1-5,13-14,17-19,21,25,33H,6-12,15-16H2,(H2,28,35,36);1-7,10,12-14,17,26H,8-9,11H2,(H2,22,30,31)(H,23,24,25);4,6,8-10,12,14,23,25H,3,5,7H2,1-2H3,(H2,19,26,27)(H,20,21,22);4-5,7,9-10,13,24H,2-3,6H2,1H3,(H2,19,26,27)(H,20,21,22);1H4/t19-,21+,25-;13-,14-,17+;10-,12-,14+;9-,10-,13+;/m0111./s1. The molecule has 0 radical (unpaired) electrons. The van der Waals surface area contributed by atoms with Crippen molar-refractivity contribution in [1.29, 1.82) is 0 Å². The number of ketones is 5. The molecular weight excluding hydrogens is 1940 g/mol. The van der Waals surface area contributed by atoms with E-state index in [-0.39, 0.29) is 146 Å². The number of carbonyl (C=O) groups excluding carboxylic acids is 5. The fraction of sp³-hybridized carbons (Fsp3) is 0.417. The lowest BCUT2D eigenvalue weighted by Gasteiger charge is -2.36. The number of carbonyl (C=O) groups is 5. The van der Waals surface area contributed by atoms with Gasteiger partial charge in [0.1, 0.15) is 47.1 Å². The molecule has 2 aromatic carbocycles. The van der Waals surface area contributed by atoms with Crippen molar-refractivity contribution in [3.05, 3.63) is 221 Å². The SMILES string of the molecule is C.CC(=O)c1cc(C(=O)c2cncnc2N[C@@H]2C[C@H](COS(N)(=O)=O)[C@@H](O)C2)sc1Cl.CC(C)(O)c1csc(C(=O)c2cncnc2N[C@@H]2C[C@H](COS(N)(=O)=O)[C@@H](O)C2)c1.NS(=O)(=O)OC[C@H]1C[C@@H](Cc2ncncc2C(=O)c2cc(CN3CCN(c4ccccc4)CC3)cs2)C[C@@H]1O.NS(=O)(=O)OC[C@H]1C[C@@H](Nc2ncncc2C(=O)c2ccc(S(=O)(=O)c3ccccc3)o2)C[C@@H]1O. The van der Waals surface area contributed by atoms with Crippen LogP contribution in [0.5, 0.6) is 0 Å². The molecule has 10 aromatic rings.